The predicted molar refractivity (Wildman–Crippen MR) is 123 cm³/mol. The Balaban J connectivity index is 1.76. The normalized spacial score (nSPS) is 13.7. The lowest BCUT2D eigenvalue weighted by atomic mass is 10.0. The molecule has 4 rings (SSSR count). The van der Waals surface area contributed by atoms with Gasteiger partial charge in [0.15, 0.2) is 0 Å². The van der Waals surface area contributed by atoms with Gasteiger partial charge < -0.3 is 10.1 Å². The zero-order chi connectivity index (χ0) is 22.0. The van der Waals surface area contributed by atoms with Crippen molar-refractivity contribution >= 4 is 28.8 Å². The predicted octanol–water partition coefficient (Wildman–Crippen LogP) is 5.10. The minimum atomic E-state index is -0.375. The molecule has 0 aliphatic carbocycles. The van der Waals surface area contributed by atoms with Crippen LogP contribution in [0.2, 0.25) is 0 Å². The molecular formula is C26H24N2O3. The minimum absolute atomic E-state index is 0.263. The fraction of sp³-hybridized carbons (Fsp3) is 0.154. The highest BCUT2D eigenvalue weighted by atomic mass is 16.5. The molecule has 1 aliphatic rings. The largest absolute Gasteiger partial charge is 0.494 e. The molecule has 0 fully saturated rings. The van der Waals surface area contributed by atoms with Crippen molar-refractivity contribution in [1.82, 2.24) is 0 Å². The van der Waals surface area contributed by atoms with E-state index >= 15 is 0 Å². The first kappa shape index (κ1) is 20.4. The Hall–Kier alpha value is -3.86. The maximum absolute atomic E-state index is 13.4. The maximum atomic E-state index is 13.4. The minimum Gasteiger partial charge on any atom is -0.494 e. The van der Waals surface area contributed by atoms with Gasteiger partial charge >= 0.3 is 0 Å². The second kappa shape index (κ2) is 8.48. The second-order valence-electron chi connectivity index (χ2n) is 7.48. The van der Waals surface area contributed by atoms with Crippen LogP contribution in [0.25, 0.3) is 5.57 Å². The first-order chi connectivity index (χ1) is 15.0. The Kier molecular flexibility index (Phi) is 5.58. The third-order valence-corrected chi connectivity index (χ3v) is 5.12. The van der Waals surface area contributed by atoms with Gasteiger partial charge in [0.05, 0.1) is 17.9 Å². The zero-order valence-electron chi connectivity index (χ0n) is 17.8. The molecule has 0 spiro atoms. The van der Waals surface area contributed by atoms with Crippen molar-refractivity contribution in [2.45, 2.75) is 20.8 Å². The number of carbonyl (C=O) groups excluding carboxylic acids is 2. The molecule has 1 N–H and O–H groups in total. The summed E-state index contributed by atoms with van der Waals surface area (Å²) < 4.78 is 5.49. The zero-order valence-corrected chi connectivity index (χ0v) is 17.8. The lowest BCUT2D eigenvalue weighted by molar-refractivity contribution is -0.120. The molecule has 5 nitrogen and oxygen atoms in total. The van der Waals surface area contributed by atoms with Crippen molar-refractivity contribution < 1.29 is 14.3 Å². The quantitative estimate of drug-likeness (QED) is 0.573. The van der Waals surface area contributed by atoms with Crippen LogP contribution in [0, 0.1) is 13.8 Å². The van der Waals surface area contributed by atoms with Gasteiger partial charge in [0.25, 0.3) is 11.8 Å². The van der Waals surface area contributed by atoms with Gasteiger partial charge in [-0.15, -0.1) is 0 Å². The molecule has 0 saturated heterocycles. The third-order valence-electron chi connectivity index (χ3n) is 5.12. The number of rotatable bonds is 6. The van der Waals surface area contributed by atoms with Crippen LogP contribution in [-0.2, 0) is 9.59 Å². The van der Waals surface area contributed by atoms with Crippen LogP contribution in [-0.4, -0.2) is 18.4 Å². The third kappa shape index (κ3) is 4.08. The van der Waals surface area contributed by atoms with Crippen LogP contribution in [0.5, 0.6) is 5.75 Å². The Labute approximate surface area is 182 Å². The highest BCUT2D eigenvalue weighted by molar-refractivity contribution is 6.46. The number of benzene rings is 3. The number of carbonyl (C=O) groups is 2. The maximum Gasteiger partial charge on any atom is 0.282 e. The van der Waals surface area contributed by atoms with Crippen molar-refractivity contribution in [2.24, 2.45) is 0 Å². The van der Waals surface area contributed by atoms with Crippen LogP contribution >= 0.6 is 0 Å². The van der Waals surface area contributed by atoms with Gasteiger partial charge in [-0.05, 0) is 68.3 Å². The molecule has 3 aromatic carbocycles. The molecule has 0 unspecified atom stereocenters. The van der Waals surface area contributed by atoms with Crippen molar-refractivity contribution in [3.8, 4) is 5.75 Å². The van der Waals surface area contributed by atoms with E-state index in [1.807, 2.05) is 87.5 Å². The van der Waals surface area contributed by atoms with Crippen LogP contribution in [0.1, 0.15) is 23.6 Å². The van der Waals surface area contributed by atoms with Crippen molar-refractivity contribution in [1.29, 1.82) is 0 Å². The van der Waals surface area contributed by atoms with E-state index in [0.717, 1.165) is 16.9 Å². The summed E-state index contributed by atoms with van der Waals surface area (Å²) in [5, 5.41) is 3.18. The van der Waals surface area contributed by atoms with Crippen molar-refractivity contribution in [3.05, 3.63) is 95.2 Å². The molecule has 3 aromatic rings. The number of nitrogens with one attached hydrogen (secondary N) is 1. The number of hydrogen-bond donors (Lipinski definition) is 1. The number of ether oxygens (including phenoxy) is 1. The van der Waals surface area contributed by atoms with Gasteiger partial charge in [0.1, 0.15) is 11.4 Å². The van der Waals surface area contributed by atoms with Crippen LogP contribution in [0.3, 0.4) is 0 Å². The van der Waals surface area contributed by atoms with Crippen LogP contribution < -0.4 is 15.0 Å². The molecule has 0 saturated carbocycles. The standard InChI is InChI=1S/C26H24N2O3/c1-4-31-22-14-12-20(13-15-22)27-24-23(19-10-8-17(2)9-11-19)25(29)28(26(24)30)21-7-5-6-18(3)16-21/h5-16,27H,4H2,1-3H3. The molecule has 0 aromatic heterocycles. The summed E-state index contributed by atoms with van der Waals surface area (Å²) in [6.07, 6.45) is 0. The molecule has 0 bridgehead atoms. The molecular weight excluding hydrogens is 388 g/mol. The number of hydrogen-bond acceptors (Lipinski definition) is 4. The summed E-state index contributed by atoms with van der Waals surface area (Å²) in [7, 11) is 0. The summed E-state index contributed by atoms with van der Waals surface area (Å²) in [6.45, 7) is 6.42. The summed E-state index contributed by atoms with van der Waals surface area (Å²) >= 11 is 0. The first-order valence-electron chi connectivity index (χ1n) is 10.2. The molecule has 31 heavy (non-hydrogen) atoms. The fourth-order valence-corrected chi connectivity index (χ4v) is 3.58. The second-order valence-corrected chi connectivity index (χ2v) is 7.48. The highest BCUT2D eigenvalue weighted by Gasteiger charge is 2.40. The van der Waals surface area contributed by atoms with E-state index in [-0.39, 0.29) is 17.5 Å². The van der Waals surface area contributed by atoms with Crippen LogP contribution in [0.15, 0.2) is 78.5 Å². The summed E-state index contributed by atoms with van der Waals surface area (Å²) in [5.74, 6) is 0.0314. The fourth-order valence-electron chi connectivity index (χ4n) is 3.58. The Bertz CT molecular complexity index is 1160. The Morgan fingerprint density at radius 3 is 2.19 bits per heavy atom. The molecule has 1 aliphatic heterocycles. The van der Waals surface area contributed by atoms with Crippen molar-refractivity contribution in [3.63, 3.8) is 0 Å². The molecule has 0 atom stereocenters. The molecule has 1 heterocycles. The summed E-state index contributed by atoms with van der Waals surface area (Å²) in [5.41, 5.74) is 4.64. The lowest BCUT2D eigenvalue weighted by Crippen LogP contribution is -2.32. The molecule has 5 heteroatoms. The van der Waals surface area contributed by atoms with E-state index in [4.69, 9.17) is 4.74 Å². The van der Waals surface area contributed by atoms with Gasteiger partial charge in [0.2, 0.25) is 0 Å². The Morgan fingerprint density at radius 1 is 0.839 bits per heavy atom. The number of nitrogens with zero attached hydrogens (tertiary/aromatic N) is 1. The smallest absolute Gasteiger partial charge is 0.282 e. The lowest BCUT2D eigenvalue weighted by Gasteiger charge is -2.16. The topological polar surface area (TPSA) is 58.6 Å². The SMILES string of the molecule is CCOc1ccc(NC2=C(c3ccc(C)cc3)C(=O)N(c3cccc(C)c3)C2=O)cc1. The number of anilines is 2. The van der Waals surface area contributed by atoms with E-state index < -0.39 is 0 Å². The average molecular weight is 412 g/mol. The van der Waals surface area contributed by atoms with E-state index in [1.54, 1.807) is 6.07 Å². The molecule has 2 amide bonds. The molecule has 156 valence electrons. The van der Waals surface area contributed by atoms with E-state index in [1.165, 1.54) is 4.90 Å². The van der Waals surface area contributed by atoms with E-state index in [0.29, 0.717) is 29.1 Å². The number of imide groups is 1. The number of amides is 2. The number of aryl methyl sites for hydroxylation is 2. The highest BCUT2D eigenvalue weighted by Crippen LogP contribution is 2.34. The van der Waals surface area contributed by atoms with Gasteiger partial charge in [0, 0.05) is 5.69 Å². The summed E-state index contributed by atoms with van der Waals surface area (Å²) in [6, 6.07) is 22.3. The Morgan fingerprint density at radius 2 is 1.55 bits per heavy atom. The van der Waals surface area contributed by atoms with E-state index in [2.05, 4.69) is 5.32 Å². The van der Waals surface area contributed by atoms with E-state index in [9.17, 15) is 9.59 Å². The monoisotopic (exact) mass is 412 g/mol. The van der Waals surface area contributed by atoms with Crippen LogP contribution in [0.4, 0.5) is 11.4 Å². The average Bonchev–Trinajstić information content (AvgIpc) is 3.00. The van der Waals surface area contributed by atoms with Gasteiger partial charge in [-0.1, -0.05) is 42.0 Å². The first-order valence-corrected chi connectivity index (χ1v) is 10.2. The van der Waals surface area contributed by atoms with Gasteiger partial charge in [-0.2, -0.15) is 0 Å². The molecule has 0 radical (unpaired) electrons. The van der Waals surface area contributed by atoms with Gasteiger partial charge in [-0.3, -0.25) is 9.59 Å². The van der Waals surface area contributed by atoms with Crippen molar-refractivity contribution in [2.75, 3.05) is 16.8 Å². The van der Waals surface area contributed by atoms with Gasteiger partial charge in [-0.25, -0.2) is 4.90 Å². The summed E-state index contributed by atoms with van der Waals surface area (Å²) in [4.78, 5) is 28.1.